The third kappa shape index (κ3) is 5.80. The van der Waals surface area contributed by atoms with Crippen LogP contribution in [0.5, 0.6) is 0 Å². The van der Waals surface area contributed by atoms with E-state index in [-0.39, 0.29) is 23.6 Å². The van der Waals surface area contributed by atoms with E-state index in [1.165, 1.54) is 0 Å². The van der Waals surface area contributed by atoms with E-state index in [1.807, 2.05) is 13.1 Å². The van der Waals surface area contributed by atoms with E-state index in [0.29, 0.717) is 6.42 Å². The fourth-order valence-electron chi connectivity index (χ4n) is 3.28. The molecular weight excluding hydrogens is 414 g/mol. The highest BCUT2D eigenvalue weighted by molar-refractivity contribution is 7.86. The van der Waals surface area contributed by atoms with Gasteiger partial charge in [0, 0.05) is 6.04 Å². The number of carbonyl (C=O) groups excluding carboxylic acids is 2. The number of imide groups is 1. The van der Waals surface area contributed by atoms with Crippen molar-refractivity contribution in [3.05, 3.63) is 0 Å². The molecular formula is C19H35NO7SSi. The third-order valence-corrected chi connectivity index (χ3v) is 10.9. The molecule has 1 saturated carbocycles. The zero-order valence-electron chi connectivity index (χ0n) is 18.9. The van der Waals surface area contributed by atoms with E-state index < -0.39 is 48.1 Å². The number of piperidine rings is 1. The quantitative estimate of drug-likeness (QED) is 0.454. The van der Waals surface area contributed by atoms with Crippen LogP contribution in [0.2, 0.25) is 18.1 Å². The summed E-state index contributed by atoms with van der Waals surface area (Å²) in [7, 11) is -6.00. The van der Waals surface area contributed by atoms with E-state index in [0.717, 1.165) is 11.2 Å². The van der Waals surface area contributed by atoms with Gasteiger partial charge in [-0.1, -0.05) is 20.8 Å². The second kappa shape index (κ2) is 7.62. The summed E-state index contributed by atoms with van der Waals surface area (Å²) in [6.45, 7) is 15.5. The Morgan fingerprint density at radius 3 is 2.21 bits per heavy atom. The highest BCUT2D eigenvalue weighted by Crippen LogP contribution is 2.51. The second-order valence-corrected chi connectivity index (χ2v) is 17.0. The monoisotopic (exact) mass is 449 g/mol. The van der Waals surface area contributed by atoms with Crippen LogP contribution in [-0.4, -0.2) is 64.2 Å². The van der Waals surface area contributed by atoms with Crippen molar-refractivity contribution in [2.24, 2.45) is 11.8 Å². The van der Waals surface area contributed by atoms with Gasteiger partial charge >= 0.3 is 6.09 Å². The van der Waals surface area contributed by atoms with Crippen LogP contribution in [0.15, 0.2) is 0 Å². The van der Waals surface area contributed by atoms with E-state index >= 15 is 0 Å². The number of ether oxygens (including phenoxy) is 1. The van der Waals surface area contributed by atoms with Crippen molar-refractivity contribution in [3.8, 4) is 0 Å². The van der Waals surface area contributed by atoms with Crippen LogP contribution in [0.3, 0.4) is 0 Å². The van der Waals surface area contributed by atoms with Gasteiger partial charge in [-0.3, -0.25) is 8.98 Å². The largest absolute Gasteiger partial charge is 0.443 e. The summed E-state index contributed by atoms with van der Waals surface area (Å²) >= 11 is 0. The minimum atomic E-state index is -3.81. The molecule has 29 heavy (non-hydrogen) atoms. The number of rotatable bonds is 6. The van der Waals surface area contributed by atoms with Crippen molar-refractivity contribution in [2.75, 3.05) is 12.9 Å². The number of amides is 2. The first-order valence-corrected chi connectivity index (χ1v) is 14.6. The molecule has 1 aliphatic carbocycles. The maximum Gasteiger partial charge on any atom is 0.417 e. The van der Waals surface area contributed by atoms with Crippen molar-refractivity contribution in [1.29, 1.82) is 0 Å². The lowest BCUT2D eigenvalue weighted by atomic mass is 9.98. The first-order valence-electron chi connectivity index (χ1n) is 9.92. The topological polar surface area (TPSA) is 99.2 Å². The van der Waals surface area contributed by atoms with Crippen molar-refractivity contribution >= 4 is 30.4 Å². The first-order chi connectivity index (χ1) is 12.8. The van der Waals surface area contributed by atoms with Gasteiger partial charge in [0.1, 0.15) is 11.7 Å². The Morgan fingerprint density at radius 1 is 1.21 bits per heavy atom. The molecule has 8 nitrogen and oxygen atoms in total. The van der Waals surface area contributed by atoms with Crippen molar-refractivity contribution in [1.82, 2.24) is 4.90 Å². The molecule has 1 saturated heterocycles. The van der Waals surface area contributed by atoms with Crippen LogP contribution in [0, 0.1) is 11.8 Å². The molecule has 2 fully saturated rings. The van der Waals surface area contributed by atoms with Crippen LogP contribution in [0.1, 0.15) is 48.0 Å². The number of likely N-dealkylation sites (tertiary alicyclic amines) is 1. The van der Waals surface area contributed by atoms with E-state index in [2.05, 4.69) is 20.8 Å². The van der Waals surface area contributed by atoms with E-state index in [9.17, 15) is 18.0 Å². The lowest BCUT2D eigenvalue weighted by Gasteiger charge is -2.37. The maximum atomic E-state index is 13.0. The Morgan fingerprint density at radius 2 is 1.76 bits per heavy atom. The molecule has 0 aromatic heterocycles. The van der Waals surface area contributed by atoms with Crippen LogP contribution in [-0.2, 0) is 28.3 Å². The average Bonchev–Trinajstić information content (AvgIpc) is 3.14. The molecule has 0 radical (unpaired) electrons. The Kier molecular flexibility index (Phi) is 6.38. The van der Waals surface area contributed by atoms with Crippen LogP contribution in [0.25, 0.3) is 0 Å². The molecule has 0 N–H and O–H groups in total. The highest BCUT2D eigenvalue weighted by atomic mass is 32.2. The summed E-state index contributed by atoms with van der Waals surface area (Å²) in [5.74, 6) is -1.33. The van der Waals surface area contributed by atoms with Gasteiger partial charge < -0.3 is 9.16 Å². The number of fused-ring (bicyclic) bond motifs is 1. The SMILES string of the molecule is CC(C)(C)OC(=O)N1C(=O)C(C(CO[Si](C)(C)C(C)(C)C)OS(C)(=O)=O)C2CC21. The Labute approximate surface area is 175 Å². The predicted octanol–water partition coefficient (Wildman–Crippen LogP) is 3.14. The van der Waals surface area contributed by atoms with E-state index in [4.69, 9.17) is 13.3 Å². The van der Waals surface area contributed by atoms with Gasteiger partial charge in [0.2, 0.25) is 5.91 Å². The fourth-order valence-corrected chi connectivity index (χ4v) is 4.92. The zero-order chi connectivity index (χ0) is 22.6. The molecule has 2 aliphatic rings. The lowest BCUT2D eigenvalue weighted by Crippen LogP contribution is -2.47. The number of hydrogen-bond acceptors (Lipinski definition) is 7. The Balaban J connectivity index is 2.22. The third-order valence-electron chi connectivity index (χ3n) is 5.82. The lowest BCUT2D eigenvalue weighted by molar-refractivity contribution is -0.135. The summed E-state index contributed by atoms with van der Waals surface area (Å²) in [5.41, 5.74) is -0.728. The first kappa shape index (κ1) is 24.3. The summed E-state index contributed by atoms with van der Waals surface area (Å²) in [6, 6.07) is -0.263. The molecule has 0 bridgehead atoms. The van der Waals surface area contributed by atoms with Crippen molar-refractivity contribution in [2.45, 2.75) is 83.8 Å². The molecule has 10 heteroatoms. The summed E-state index contributed by atoms with van der Waals surface area (Å²) in [4.78, 5) is 26.7. The van der Waals surface area contributed by atoms with Gasteiger partial charge in [-0.25, -0.2) is 9.69 Å². The maximum absolute atomic E-state index is 13.0. The minimum Gasteiger partial charge on any atom is -0.443 e. The predicted molar refractivity (Wildman–Crippen MR) is 111 cm³/mol. The molecule has 0 aromatic carbocycles. The smallest absolute Gasteiger partial charge is 0.417 e. The molecule has 1 heterocycles. The van der Waals surface area contributed by atoms with E-state index in [1.54, 1.807) is 20.8 Å². The zero-order valence-corrected chi connectivity index (χ0v) is 20.8. The molecule has 0 aromatic rings. The Hall–Kier alpha value is -0.973. The van der Waals surface area contributed by atoms with Crippen LogP contribution < -0.4 is 0 Å². The van der Waals surface area contributed by atoms with Crippen molar-refractivity contribution < 1.29 is 31.4 Å². The second-order valence-electron chi connectivity index (χ2n) is 10.6. The molecule has 0 spiro atoms. The average molecular weight is 450 g/mol. The van der Waals surface area contributed by atoms with Crippen LogP contribution in [0.4, 0.5) is 4.79 Å². The number of nitrogens with zero attached hydrogens (tertiary/aromatic N) is 1. The summed E-state index contributed by atoms with van der Waals surface area (Å²) in [5, 5.41) is -0.0764. The fraction of sp³-hybridized carbons (Fsp3) is 0.895. The molecule has 168 valence electrons. The van der Waals surface area contributed by atoms with Gasteiger partial charge in [-0.05, 0) is 51.2 Å². The van der Waals surface area contributed by atoms with Crippen molar-refractivity contribution in [3.63, 3.8) is 0 Å². The van der Waals surface area contributed by atoms with Gasteiger partial charge in [-0.15, -0.1) is 0 Å². The van der Waals surface area contributed by atoms with Gasteiger partial charge in [-0.2, -0.15) is 8.42 Å². The van der Waals surface area contributed by atoms with Crippen LogP contribution >= 0.6 is 0 Å². The molecule has 4 atom stereocenters. The summed E-state index contributed by atoms with van der Waals surface area (Å²) < 4.78 is 40.6. The number of hydrogen-bond donors (Lipinski definition) is 0. The van der Waals surface area contributed by atoms with Gasteiger partial charge in [0.25, 0.3) is 10.1 Å². The normalized spacial score (nSPS) is 26.3. The van der Waals surface area contributed by atoms with Gasteiger partial charge in [0.15, 0.2) is 8.32 Å². The molecule has 1 aliphatic heterocycles. The standard InChI is InChI=1S/C19H35NO7SSi/c1-18(2,3)26-17(22)20-13-10-12(13)15(16(20)21)14(27-28(7,23)24)11-25-29(8,9)19(4,5)6/h12-15H,10-11H2,1-9H3. The number of carbonyl (C=O) groups is 2. The summed E-state index contributed by atoms with van der Waals surface area (Å²) in [6.07, 6.45) is -0.0730. The molecule has 4 unspecified atom stereocenters. The molecule has 2 amide bonds. The Bertz CT molecular complexity index is 766. The molecule has 2 rings (SSSR count). The highest BCUT2D eigenvalue weighted by Gasteiger charge is 2.64. The van der Waals surface area contributed by atoms with Gasteiger partial charge in [0.05, 0.1) is 18.8 Å². The minimum absolute atomic E-state index is 0.00858.